The highest BCUT2D eigenvalue weighted by atomic mass is 16.5. The van der Waals surface area contributed by atoms with Crippen LogP contribution in [0.1, 0.15) is 24.8 Å². The van der Waals surface area contributed by atoms with Crippen molar-refractivity contribution in [2.24, 2.45) is 5.92 Å². The second kappa shape index (κ2) is 10.0. The minimum Gasteiger partial charge on any atom is -0.496 e. The van der Waals surface area contributed by atoms with Gasteiger partial charge in [0.1, 0.15) is 5.75 Å². The summed E-state index contributed by atoms with van der Waals surface area (Å²) in [6.07, 6.45) is 2.77. The van der Waals surface area contributed by atoms with Crippen molar-refractivity contribution in [1.82, 2.24) is 10.2 Å². The predicted molar refractivity (Wildman–Crippen MR) is 95.5 cm³/mol. The van der Waals surface area contributed by atoms with Crippen LogP contribution >= 0.6 is 0 Å². The minimum absolute atomic E-state index is 0.0370. The number of amides is 2. The number of ether oxygens (including phenoxy) is 2. The quantitative estimate of drug-likeness (QED) is 0.689. The van der Waals surface area contributed by atoms with Crippen LogP contribution in [-0.4, -0.2) is 57.2 Å². The molecule has 0 saturated carbocycles. The van der Waals surface area contributed by atoms with Gasteiger partial charge in [-0.2, -0.15) is 0 Å². The zero-order valence-corrected chi connectivity index (χ0v) is 15.1. The summed E-state index contributed by atoms with van der Waals surface area (Å²) in [7, 11) is 3.28. The van der Waals surface area contributed by atoms with Crippen LogP contribution in [0.5, 0.6) is 5.75 Å². The number of rotatable bonds is 9. The van der Waals surface area contributed by atoms with Crippen LogP contribution in [0.25, 0.3) is 0 Å². The lowest BCUT2D eigenvalue weighted by atomic mass is 9.96. The Hall–Kier alpha value is -2.08. The Labute approximate surface area is 149 Å². The van der Waals surface area contributed by atoms with Crippen LogP contribution in [0.15, 0.2) is 24.3 Å². The molecule has 1 N–H and O–H groups in total. The number of methoxy groups -OCH3 is 2. The van der Waals surface area contributed by atoms with Gasteiger partial charge in [-0.15, -0.1) is 0 Å². The van der Waals surface area contributed by atoms with Crippen LogP contribution in [0.2, 0.25) is 0 Å². The second-order valence-electron chi connectivity index (χ2n) is 6.27. The van der Waals surface area contributed by atoms with Gasteiger partial charge in [0.05, 0.1) is 19.6 Å². The molecule has 1 fully saturated rings. The fourth-order valence-corrected chi connectivity index (χ4v) is 3.09. The standard InChI is InChI=1S/C19H28N2O4/c1-24-13-12-21-14-16(9-10-18(21)22)19(23)20-11-5-7-15-6-3-4-8-17(15)25-2/h3-4,6,8,16H,5,7,9-14H2,1-2H3,(H,20,23). The van der Waals surface area contributed by atoms with Gasteiger partial charge >= 0.3 is 0 Å². The Bertz CT molecular complexity index is 576. The molecule has 1 aliphatic heterocycles. The molecule has 1 atom stereocenters. The Balaban J connectivity index is 1.73. The average Bonchev–Trinajstić information content (AvgIpc) is 2.64. The van der Waals surface area contributed by atoms with Crippen molar-refractivity contribution in [2.45, 2.75) is 25.7 Å². The molecule has 0 aromatic heterocycles. The van der Waals surface area contributed by atoms with Gasteiger partial charge in [-0.1, -0.05) is 18.2 Å². The fourth-order valence-electron chi connectivity index (χ4n) is 3.09. The van der Waals surface area contributed by atoms with Gasteiger partial charge in [0.25, 0.3) is 0 Å². The number of nitrogens with zero attached hydrogens (tertiary/aromatic N) is 1. The number of likely N-dealkylation sites (tertiary alicyclic amines) is 1. The topological polar surface area (TPSA) is 67.9 Å². The molecule has 0 radical (unpaired) electrons. The average molecular weight is 348 g/mol. The minimum atomic E-state index is -0.124. The number of para-hydroxylation sites is 1. The number of piperidine rings is 1. The highest BCUT2D eigenvalue weighted by Crippen LogP contribution is 2.19. The van der Waals surface area contributed by atoms with Crippen molar-refractivity contribution in [3.63, 3.8) is 0 Å². The van der Waals surface area contributed by atoms with Crippen LogP contribution in [0.3, 0.4) is 0 Å². The largest absolute Gasteiger partial charge is 0.496 e. The maximum atomic E-state index is 12.4. The number of hydrogen-bond donors (Lipinski definition) is 1. The highest BCUT2D eigenvalue weighted by molar-refractivity contribution is 5.83. The highest BCUT2D eigenvalue weighted by Gasteiger charge is 2.29. The van der Waals surface area contributed by atoms with Gasteiger partial charge < -0.3 is 19.7 Å². The lowest BCUT2D eigenvalue weighted by Gasteiger charge is -2.31. The zero-order chi connectivity index (χ0) is 18.1. The number of hydrogen-bond acceptors (Lipinski definition) is 4. The lowest BCUT2D eigenvalue weighted by Crippen LogP contribution is -2.46. The van der Waals surface area contributed by atoms with Crippen molar-refractivity contribution in [2.75, 3.05) is 40.5 Å². The maximum absolute atomic E-state index is 12.4. The third-order valence-electron chi connectivity index (χ3n) is 4.55. The number of carbonyl (C=O) groups excluding carboxylic acids is 2. The Kier molecular flexibility index (Phi) is 7.73. The molecule has 2 amide bonds. The number of nitrogens with one attached hydrogen (secondary N) is 1. The van der Waals surface area contributed by atoms with E-state index < -0.39 is 0 Å². The van der Waals surface area contributed by atoms with Gasteiger partial charge in [0.15, 0.2) is 0 Å². The van der Waals surface area contributed by atoms with Gasteiger partial charge in [-0.05, 0) is 30.9 Å². The van der Waals surface area contributed by atoms with Crippen LogP contribution in [0, 0.1) is 5.92 Å². The molecule has 6 heteroatoms. The van der Waals surface area contributed by atoms with E-state index >= 15 is 0 Å². The van der Waals surface area contributed by atoms with E-state index in [1.54, 1.807) is 19.1 Å². The first-order valence-electron chi connectivity index (χ1n) is 8.82. The van der Waals surface area contributed by atoms with Crippen molar-refractivity contribution in [3.8, 4) is 5.75 Å². The van der Waals surface area contributed by atoms with E-state index in [4.69, 9.17) is 9.47 Å². The molecule has 6 nitrogen and oxygen atoms in total. The summed E-state index contributed by atoms with van der Waals surface area (Å²) in [4.78, 5) is 26.0. The molecule has 1 unspecified atom stereocenters. The molecule has 1 aliphatic rings. The van der Waals surface area contributed by atoms with Crippen molar-refractivity contribution in [1.29, 1.82) is 0 Å². The summed E-state index contributed by atoms with van der Waals surface area (Å²) in [5, 5.41) is 3.00. The number of carbonyl (C=O) groups is 2. The van der Waals surface area contributed by atoms with Crippen molar-refractivity contribution >= 4 is 11.8 Å². The molecule has 0 aliphatic carbocycles. The molecule has 1 saturated heterocycles. The van der Waals surface area contributed by atoms with E-state index in [0.717, 1.165) is 24.2 Å². The molecule has 25 heavy (non-hydrogen) atoms. The molecule has 1 aromatic rings. The third kappa shape index (κ3) is 5.74. The monoisotopic (exact) mass is 348 g/mol. The third-order valence-corrected chi connectivity index (χ3v) is 4.55. The van der Waals surface area contributed by atoms with E-state index in [1.807, 2.05) is 24.3 Å². The smallest absolute Gasteiger partial charge is 0.224 e. The fraction of sp³-hybridized carbons (Fsp3) is 0.579. The normalized spacial score (nSPS) is 17.4. The van der Waals surface area contributed by atoms with Crippen molar-refractivity contribution in [3.05, 3.63) is 29.8 Å². The Morgan fingerprint density at radius 1 is 1.32 bits per heavy atom. The van der Waals surface area contributed by atoms with E-state index in [-0.39, 0.29) is 17.7 Å². The van der Waals surface area contributed by atoms with E-state index in [2.05, 4.69) is 5.32 Å². The predicted octanol–water partition coefficient (Wildman–Crippen LogP) is 1.63. The SMILES string of the molecule is COCCN1CC(C(=O)NCCCc2ccccc2OC)CCC1=O. The van der Waals surface area contributed by atoms with E-state index in [1.165, 1.54) is 0 Å². The first-order chi connectivity index (χ1) is 12.2. The lowest BCUT2D eigenvalue weighted by molar-refractivity contribution is -0.138. The van der Waals surface area contributed by atoms with Crippen LogP contribution < -0.4 is 10.1 Å². The van der Waals surface area contributed by atoms with Gasteiger partial charge in [0.2, 0.25) is 11.8 Å². The molecule has 0 spiro atoms. The summed E-state index contributed by atoms with van der Waals surface area (Å²) in [6.45, 7) is 2.16. The summed E-state index contributed by atoms with van der Waals surface area (Å²) >= 11 is 0. The van der Waals surface area contributed by atoms with E-state index in [9.17, 15) is 9.59 Å². The van der Waals surface area contributed by atoms with Gasteiger partial charge in [-0.25, -0.2) is 0 Å². The number of aryl methyl sites for hydroxylation is 1. The molecule has 1 aromatic carbocycles. The Morgan fingerprint density at radius 2 is 2.12 bits per heavy atom. The first kappa shape index (κ1) is 19.2. The Morgan fingerprint density at radius 3 is 2.88 bits per heavy atom. The molecule has 1 heterocycles. The number of benzene rings is 1. The summed E-state index contributed by atoms with van der Waals surface area (Å²) in [5.41, 5.74) is 1.15. The van der Waals surface area contributed by atoms with Gasteiger partial charge in [-0.3, -0.25) is 9.59 Å². The van der Waals surface area contributed by atoms with Gasteiger partial charge in [0, 0.05) is 33.2 Å². The molecular weight excluding hydrogens is 320 g/mol. The zero-order valence-electron chi connectivity index (χ0n) is 15.1. The molecule has 0 bridgehead atoms. The first-order valence-corrected chi connectivity index (χ1v) is 8.82. The molecular formula is C19H28N2O4. The molecule has 2 rings (SSSR count). The summed E-state index contributed by atoms with van der Waals surface area (Å²) in [6, 6.07) is 7.93. The van der Waals surface area contributed by atoms with Crippen LogP contribution in [-0.2, 0) is 20.7 Å². The van der Waals surface area contributed by atoms with Crippen molar-refractivity contribution < 1.29 is 19.1 Å². The maximum Gasteiger partial charge on any atom is 0.224 e. The van der Waals surface area contributed by atoms with E-state index in [0.29, 0.717) is 39.1 Å². The second-order valence-corrected chi connectivity index (χ2v) is 6.27. The summed E-state index contributed by atoms with van der Waals surface area (Å²) < 4.78 is 10.4. The molecule has 138 valence electrons. The summed E-state index contributed by atoms with van der Waals surface area (Å²) in [5.74, 6) is 0.904. The van der Waals surface area contributed by atoms with Crippen LogP contribution in [0.4, 0.5) is 0 Å².